The lowest BCUT2D eigenvalue weighted by Crippen LogP contribution is -2.31. The predicted octanol–water partition coefficient (Wildman–Crippen LogP) is 4.89. The van der Waals surface area contributed by atoms with Crippen LogP contribution in [-0.4, -0.2) is 42.9 Å². The Morgan fingerprint density at radius 2 is 1.74 bits per heavy atom. The van der Waals surface area contributed by atoms with E-state index >= 15 is 0 Å². The number of nitriles is 1. The average Bonchev–Trinajstić information content (AvgIpc) is 3.00. The van der Waals surface area contributed by atoms with Gasteiger partial charge in [-0.05, 0) is 48.9 Å². The van der Waals surface area contributed by atoms with Crippen LogP contribution < -0.4 is 20.7 Å². The van der Waals surface area contributed by atoms with Crippen molar-refractivity contribution in [1.29, 1.82) is 5.26 Å². The molecular weight excluding hydrogens is 556 g/mol. The topological polar surface area (TPSA) is 150 Å². The molecule has 0 radical (unpaired) electrons. The fourth-order valence-electron chi connectivity index (χ4n) is 4.46. The highest BCUT2D eigenvalue weighted by molar-refractivity contribution is 8.03. The number of dihydropyridines is 1. The number of amides is 2. The van der Waals surface area contributed by atoms with Gasteiger partial charge in [0.05, 0.1) is 53.8 Å². The van der Waals surface area contributed by atoms with E-state index in [4.69, 9.17) is 9.47 Å². The zero-order valence-corrected chi connectivity index (χ0v) is 23.9. The summed E-state index contributed by atoms with van der Waals surface area (Å²) in [6, 6.07) is 22.2. The molecule has 1 heterocycles. The Hall–Kier alpha value is -5.21. The smallest absolute Gasteiger partial charge is 0.339 e. The van der Waals surface area contributed by atoms with Crippen LogP contribution >= 0.6 is 11.8 Å². The summed E-state index contributed by atoms with van der Waals surface area (Å²) in [5.74, 6) is -2.27. The van der Waals surface area contributed by atoms with E-state index in [1.54, 1.807) is 67.6 Å². The second kappa shape index (κ2) is 13.4. The number of carbonyl (C=O) groups is 3. The fourth-order valence-corrected chi connectivity index (χ4v) is 5.35. The number of nitrogens with one attached hydrogen (secondary N) is 3. The van der Waals surface area contributed by atoms with Crippen molar-refractivity contribution >= 4 is 40.9 Å². The van der Waals surface area contributed by atoms with Gasteiger partial charge in [-0.1, -0.05) is 48.2 Å². The molecule has 3 aromatic rings. The lowest BCUT2D eigenvalue weighted by atomic mass is 9.82. The number of nitrogens with zero attached hydrogens (tertiary/aromatic N) is 1. The molecule has 0 spiro atoms. The van der Waals surface area contributed by atoms with Gasteiger partial charge in [-0.2, -0.15) is 5.26 Å². The van der Waals surface area contributed by atoms with Gasteiger partial charge in [-0.25, -0.2) is 4.79 Å². The van der Waals surface area contributed by atoms with Crippen LogP contribution in [0.3, 0.4) is 0 Å². The molecule has 0 aromatic heterocycles. The van der Waals surface area contributed by atoms with Crippen LogP contribution in [0.15, 0.2) is 94.7 Å². The van der Waals surface area contributed by atoms with Gasteiger partial charge < -0.3 is 30.5 Å². The minimum Gasteiger partial charge on any atom is -0.504 e. The summed E-state index contributed by atoms with van der Waals surface area (Å²) in [5.41, 5.74) is 2.61. The Morgan fingerprint density at radius 3 is 2.43 bits per heavy atom. The minimum atomic E-state index is -0.833. The number of aromatic hydroxyl groups is 1. The highest BCUT2D eigenvalue weighted by Gasteiger charge is 2.35. The molecule has 1 aliphatic rings. The summed E-state index contributed by atoms with van der Waals surface area (Å²) in [4.78, 5) is 38.6. The summed E-state index contributed by atoms with van der Waals surface area (Å²) in [6.07, 6.45) is 0. The summed E-state index contributed by atoms with van der Waals surface area (Å²) >= 11 is 1.08. The molecule has 214 valence electrons. The molecule has 42 heavy (non-hydrogen) atoms. The van der Waals surface area contributed by atoms with Crippen molar-refractivity contribution < 1.29 is 29.0 Å². The number of thioether (sulfide) groups is 1. The van der Waals surface area contributed by atoms with Gasteiger partial charge in [-0.15, -0.1) is 0 Å². The van der Waals surface area contributed by atoms with Crippen molar-refractivity contribution in [3.05, 3.63) is 106 Å². The second-order valence-electron chi connectivity index (χ2n) is 9.08. The standard InChI is InChI=1S/C31H28N4O6S/c1-18-27(29(38)34-20-9-5-4-6-10-20)28(19-13-14-24(36)25(15-19)40-2)22(16-32)30(33-18)42-17-26(37)35-23-12-8-7-11-21(23)31(39)41-3/h4-15,28,33,36H,17H2,1-3H3,(H,34,38)(H,35,37)/t28-/m0/s1. The Morgan fingerprint density at radius 1 is 1.02 bits per heavy atom. The highest BCUT2D eigenvalue weighted by Crippen LogP contribution is 2.43. The van der Waals surface area contributed by atoms with Gasteiger partial charge >= 0.3 is 5.97 Å². The first-order chi connectivity index (χ1) is 20.3. The SMILES string of the molecule is COC(=O)c1ccccc1NC(=O)CSC1=C(C#N)[C@H](c2ccc(O)c(OC)c2)C(C(=O)Nc2ccccc2)=C(C)N1. The normalized spacial score (nSPS) is 14.4. The number of anilines is 2. The number of phenolic OH excluding ortho intramolecular Hbond substituents is 1. The molecule has 0 bridgehead atoms. The molecule has 0 fully saturated rings. The number of esters is 1. The summed E-state index contributed by atoms with van der Waals surface area (Å²) in [5, 5.41) is 29.6. The number of para-hydroxylation sites is 2. The zero-order valence-electron chi connectivity index (χ0n) is 23.1. The van der Waals surface area contributed by atoms with Crippen LogP contribution in [0, 0.1) is 11.3 Å². The molecule has 1 atom stereocenters. The van der Waals surface area contributed by atoms with E-state index < -0.39 is 23.7 Å². The quantitative estimate of drug-likeness (QED) is 0.258. The van der Waals surface area contributed by atoms with E-state index in [0.717, 1.165) is 11.8 Å². The third-order valence-corrected chi connectivity index (χ3v) is 7.43. The maximum Gasteiger partial charge on any atom is 0.339 e. The highest BCUT2D eigenvalue weighted by atomic mass is 32.2. The van der Waals surface area contributed by atoms with Crippen molar-refractivity contribution in [2.75, 3.05) is 30.6 Å². The van der Waals surface area contributed by atoms with Gasteiger partial charge in [0.1, 0.15) is 0 Å². The van der Waals surface area contributed by atoms with E-state index in [0.29, 0.717) is 33.2 Å². The first-order valence-electron chi connectivity index (χ1n) is 12.7. The zero-order chi connectivity index (χ0) is 30.2. The van der Waals surface area contributed by atoms with Crippen LogP contribution in [0.25, 0.3) is 0 Å². The van der Waals surface area contributed by atoms with Crippen LogP contribution in [0.1, 0.15) is 28.8 Å². The molecule has 2 amide bonds. The monoisotopic (exact) mass is 584 g/mol. The van der Waals surface area contributed by atoms with Crippen molar-refractivity contribution in [2.24, 2.45) is 0 Å². The number of ether oxygens (including phenoxy) is 2. The molecule has 11 heteroatoms. The van der Waals surface area contributed by atoms with E-state index in [9.17, 15) is 24.8 Å². The van der Waals surface area contributed by atoms with Gasteiger partial charge in [0.25, 0.3) is 5.91 Å². The van der Waals surface area contributed by atoms with Crippen molar-refractivity contribution in [2.45, 2.75) is 12.8 Å². The third-order valence-electron chi connectivity index (χ3n) is 6.41. The summed E-state index contributed by atoms with van der Waals surface area (Å²) in [7, 11) is 2.66. The number of carbonyl (C=O) groups excluding carboxylic acids is 3. The number of benzene rings is 3. The van der Waals surface area contributed by atoms with Crippen molar-refractivity contribution in [3.8, 4) is 17.6 Å². The predicted molar refractivity (Wildman–Crippen MR) is 160 cm³/mol. The van der Waals surface area contributed by atoms with E-state index in [1.807, 2.05) is 6.07 Å². The molecule has 0 unspecified atom stereocenters. The number of allylic oxidation sites excluding steroid dienone is 2. The van der Waals surface area contributed by atoms with Crippen molar-refractivity contribution in [3.63, 3.8) is 0 Å². The maximum absolute atomic E-state index is 13.6. The van der Waals surface area contributed by atoms with E-state index in [1.165, 1.54) is 20.3 Å². The van der Waals surface area contributed by atoms with E-state index in [-0.39, 0.29) is 28.4 Å². The van der Waals surface area contributed by atoms with Gasteiger partial charge in [-0.3, -0.25) is 9.59 Å². The van der Waals surface area contributed by atoms with Crippen LogP contribution in [0.2, 0.25) is 0 Å². The van der Waals surface area contributed by atoms with Crippen molar-refractivity contribution in [1.82, 2.24) is 5.32 Å². The molecule has 0 aliphatic carbocycles. The molecular formula is C31H28N4O6S. The van der Waals surface area contributed by atoms with Crippen LogP contribution in [0.5, 0.6) is 11.5 Å². The lowest BCUT2D eigenvalue weighted by molar-refractivity contribution is -0.114. The van der Waals surface area contributed by atoms with Gasteiger partial charge in [0.15, 0.2) is 11.5 Å². The van der Waals surface area contributed by atoms with Gasteiger partial charge in [0, 0.05) is 17.0 Å². The number of rotatable bonds is 9. The van der Waals surface area contributed by atoms with Gasteiger partial charge in [0.2, 0.25) is 5.91 Å². The Balaban J connectivity index is 1.66. The summed E-state index contributed by atoms with van der Waals surface area (Å²) < 4.78 is 10.1. The fraction of sp³-hybridized carbons (Fsp3) is 0.161. The van der Waals surface area contributed by atoms with Crippen LogP contribution in [0.4, 0.5) is 11.4 Å². The molecule has 3 aromatic carbocycles. The Bertz CT molecular complexity index is 1630. The molecule has 10 nitrogen and oxygen atoms in total. The molecule has 0 saturated heterocycles. The maximum atomic E-state index is 13.6. The minimum absolute atomic E-state index is 0.0906. The summed E-state index contributed by atoms with van der Waals surface area (Å²) in [6.45, 7) is 1.71. The van der Waals surface area contributed by atoms with E-state index in [2.05, 4.69) is 22.0 Å². The number of hydrogen-bond donors (Lipinski definition) is 4. The molecule has 4 N–H and O–H groups in total. The Labute approximate surface area is 247 Å². The number of phenols is 1. The molecule has 0 saturated carbocycles. The second-order valence-corrected chi connectivity index (χ2v) is 10.1. The third kappa shape index (κ3) is 6.56. The molecule has 1 aliphatic heterocycles. The largest absolute Gasteiger partial charge is 0.504 e. The first kappa shape index (κ1) is 29.8. The number of hydrogen-bond acceptors (Lipinski definition) is 9. The first-order valence-corrected chi connectivity index (χ1v) is 13.7. The Kier molecular flexibility index (Phi) is 9.52. The lowest BCUT2D eigenvalue weighted by Gasteiger charge is -2.30. The average molecular weight is 585 g/mol. The molecule has 4 rings (SSSR count). The van der Waals surface area contributed by atoms with Crippen LogP contribution in [-0.2, 0) is 14.3 Å². The number of methoxy groups -OCH3 is 2.